The number of nitrogens with zero attached hydrogens (tertiary/aromatic N) is 1. The van der Waals surface area contributed by atoms with Gasteiger partial charge >= 0.3 is 0 Å². The Balaban J connectivity index is 1.86. The molecule has 0 saturated heterocycles. The predicted octanol–water partition coefficient (Wildman–Crippen LogP) is 3.59. The Morgan fingerprint density at radius 3 is 2.53 bits per heavy atom. The van der Waals surface area contributed by atoms with Gasteiger partial charge in [0.15, 0.2) is 0 Å². The van der Waals surface area contributed by atoms with Crippen molar-refractivity contribution in [1.82, 2.24) is 0 Å². The summed E-state index contributed by atoms with van der Waals surface area (Å²) in [6.07, 6.45) is 5.27. The van der Waals surface area contributed by atoms with Gasteiger partial charge in [0.25, 0.3) is 5.69 Å². The summed E-state index contributed by atoms with van der Waals surface area (Å²) in [5.74, 6) is 0.871. The van der Waals surface area contributed by atoms with Crippen molar-refractivity contribution in [2.75, 3.05) is 5.32 Å². The van der Waals surface area contributed by atoms with E-state index < -0.39 is 0 Å². The van der Waals surface area contributed by atoms with E-state index in [9.17, 15) is 10.1 Å². The second-order valence-corrected chi connectivity index (χ2v) is 4.88. The number of nitro groups is 1. The maximum atomic E-state index is 10.5. The van der Waals surface area contributed by atoms with E-state index in [-0.39, 0.29) is 10.6 Å². The van der Waals surface area contributed by atoms with Gasteiger partial charge in [0.1, 0.15) is 0 Å². The Bertz CT molecular complexity index is 385. The number of nitro benzene ring substituents is 1. The van der Waals surface area contributed by atoms with Gasteiger partial charge in [-0.3, -0.25) is 10.1 Å². The van der Waals surface area contributed by atoms with Crippen molar-refractivity contribution in [3.05, 3.63) is 34.4 Å². The van der Waals surface area contributed by atoms with Gasteiger partial charge in [-0.1, -0.05) is 19.3 Å². The Labute approximate surface area is 101 Å². The lowest BCUT2D eigenvalue weighted by Crippen LogP contribution is -2.23. The molecule has 17 heavy (non-hydrogen) atoms. The predicted molar refractivity (Wildman–Crippen MR) is 68.1 cm³/mol. The summed E-state index contributed by atoms with van der Waals surface area (Å²) >= 11 is 0. The topological polar surface area (TPSA) is 55.2 Å². The van der Waals surface area contributed by atoms with Crippen LogP contribution in [-0.4, -0.2) is 11.0 Å². The molecule has 1 fully saturated rings. The van der Waals surface area contributed by atoms with Gasteiger partial charge in [-0.25, -0.2) is 0 Å². The second kappa shape index (κ2) is 5.17. The van der Waals surface area contributed by atoms with Gasteiger partial charge in [0.2, 0.25) is 0 Å². The quantitative estimate of drug-likeness (QED) is 0.625. The first kappa shape index (κ1) is 11.9. The molecule has 0 spiro atoms. The molecule has 1 aliphatic carbocycles. The number of hydrogen-bond acceptors (Lipinski definition) is 3. The first-order valence-corrected chi connectivity index (χ1v) is 6.16. The number of rotatable bonds is 5. The average molecular weight is 234 g/mol. The highest BCUT2D eigenvalue weighted by molar-refractivity contribution is 5.48. The van der Waals surface area contributed by atoms with E-state index in [1.54, 1.807) is 24.3 Å². The molecule has 0 radical (unpaired) electrons. The lowest BCUT2D eigenvalue weighted by Gasteiger charge is -2.28. The highest BCUT2D eigenvalue weighted by Crippen LogP contribution is 2.31. The second-order valence-electron chi connectivity index (χ2n) is 4.88. The van der Waals surface area contributed by atoms with Gasteiger partial charge in [-0.2, -0.15) is 0 Å². The zero-order chi connectivity index (χ0) is 12.3. The third-order valence-electron chi connectivity index (χ3n) is 3.40. The minimum Gasteiger partial charge on any atom is -0.383 e. The van der Waals surface area contributed by atoms with Crippen LogP contribution in [0, 0.1) is 16.0 Å². The Morgan fingerprint density at radius 1 is 1.41 bits per heavy atom. The van der Waals surface area contributed by atoms with Crippen LogP contribution in [0.3, 0.4) is 0 Å². The average Bonchev–Trinajstić information content (AvgIpc) is 2.24. The fraction of sp³-hybridized carbons (Fsp3) is 0.538. The van der Waals surface area contributed by atoms with Crippen molar-refractivity contribution in [2.24, 2.45) is 5.92 Å². The van der Waals surface area contributed by atoms with Crippen LogP contribution in [-0.2, 0) is 0 Å². The highest BCUT2D eigenvalue weighted by atomic mass is 16.6. The summed E-state index contributed by atoms with van der Waals surface area (Å²) in [7, 11) is 0. The van der Waals surface area contributed by atoms with Crippen molar-refractivity contribution in [3.8, 4) is 0 Å². The molecule has 1 unspecified atom stereocenters. The van der Waals surface area contributed by atoms with E-state index in [1.165, 1.54) is 25.7 Å². The van der Waals surface area contributed by atoms with E-state index in [0.717, 1.165) is 11.6 Å². The van der Waals surface area contributed by atoms with Crippen molar-refractivity contribution in [2.45, 2.75) is 38.6 Å². The highest BCUT2D eigenvalue weighted by Gasteiger charge is 2.19. The summed E-state index contributed by atoms with van der Waals surface area (Å²) in [6, 6.07) is 7.06. The number of non-ortho nitro benzene ring substituents is 1. The fourth-order valence-corrected chi connectivity index (χ4v) is 2.25. The largest absolute Gasteiger partial charge is 0.383 e. The fourth-order valence-electron chi connectivity index (χ4n) is 2.25. The van der Waals surface area contributed by atoms with Crippen LogP contribution >= 0.6 is 0 Å². The van der Waals surface area contributed by atoms with Crippen LogP contribution < -0.4 is 5.32 Å². The van der Waals surface area contributed by atoms with Gasteiger partial charge < -0.3 is 5.32 Å². The summed E-state index contributed by atoms with van der Waals surface area (Å²) in [5, 5.41) is 13.9. The van der Waals surface area contributed by atoms with E-state index in [4.69, 9.17) is 0 Å². The minimum absolute atomic E-state index is 0.141. The molecule has 1 aromatic rings. The molecule has 1 aromatic carbocycles. The van der Waals surface area contributed by atoms with Gasteiger partial charge in [0.05, 0.1) is 4.92 Å². The normalized spacial score (nSPS) is 17.2. The molecule has 4 nitrogen and oxygen atoms in total. The summed E-state index contributed by atoms with van der Waals surface area (Å²) in [4.78, 5) is 10.1. The maximum absolute atomic E-state index is 10.5. The molecule has 1 N–H and O–H groups in total. The van der Waals surface area contributed by atoms with Gasteiger partial charge in [-0.15, -0.1) is 0 Å². The van der Waals surface area contributed by atoms with Crippen LogP contribution in [0.25, 0.3) is 0 Å². The van der Waals surface area contributed by atoms with Crippen LogP contribution in [0.1, 0.15) is 32.6 Å². The summed E-state index contributed by atoms with van der Waals surface area (Å²) < 4.78 is 0. The van der Waals surface area contributed by atoms with Crippen molar-refractivity contribution < 1.29 is 4.92 Å². The summed E-state index contributed by atoms with van der Waals surface area (Å²) in [5.41, 5.74) is 1.10. The number of hydrogen-bond donors (Lipinski definition) is 1. The standard InChI is InChI=1S/C13H18N2O2/c1-10(9-11-3-2-4-11)14-12-5-7-13(8-6-12)15(16)17/h5-8,10-11,14H,2-4,9H2,1H3. The Hall–Kier alpha value is -1.58. The van der Waals surface area contributed by atoms with Crippen molar-refractivity contribution in [3.63, 3.8) is 0 Å². The van der Waals surface area contributed by atoms with Crippen LogP contribution in [0.4, 0.5) is 11.4 Å². The van der Waals surface area contributed by atoms with E-state index in [1.807, 2.05) is 0 Å². The SMILES string of the molecule is CC(CC1CCC1)Nc1ccc([N+](=O)[O-])cc1. The Kier molecular flexibility index (Phi) is 3.61. The molecule has 0 amide bonds. The minimum atomic E-state index is -0.373. The van der Waals surface area contributed by atoms with Crippen molar-refractivity contribution >= 4 is 11.4 Å². The van der Waals surface area contributed by atoms with E-state index in [2.05, 4.69) is 12.2 Å². The zero-order valence-corrected chi connectivity index (χ0v) is 10.1. The van der Waals surface area contributed by atoms with Gasteiger partial charge in [0, 0.05) is 23.9 Å². The first-order chi connectivity index (χ1) is 8.15. The number of nitrogens with one attached hydrogen (secondary N) is 1. The molecule has 0 bridgehead atoms. The van der Waals surface area contributed by atoms with Gasteiger partial charge in [-0.05, 0) is 31.4 Å². The zero-order valence-electron chi connectivity index (χ0n) is 10.1. The molecule has 1 atom stereocenters. The number of anilines is 1. The smallest absolute Gasteiger partial charge is 0.269 e. The van der Waals surface area contributed by atoms with E-state index >= 15 is 0 Å². The van der Waals surface area contributed by atoms with Crippen LogP contribution in [0.5, 0.6) is 0 Å². The molecular formula is C13H18N2O2. The molecule has 0 aromatic heterocycles. The monoisotopic (exact) mass is 234 g/mol. The third-order valence-corrected chi connectivity index (χ3v) is 3.40. The molecule has 1 aliphatic rings. The molecule has 0 aliphatic heterocycles. The maximum Gasteiger partial charge on any atom is 0.269 e. The lowest BCUT2D eigenvalue weighted by molar-refractivity contribution is -0.384. The summed E-state index contributed by atoms with van der Waals surface area (Å²) in [6.45, 7) is 2.17. The van der Waals surface area contributed by atoms with Crippen LogP contribution in [0.2, 0.25) is 0 Å². The molecule has 1 saturated carbocycles. The molecule has 92 valence electrons. The molecule has 2 rings (SSSR count). The number of benzene rings is 1. The van der Waals surface area contributed by atoms with Crippen molar-refractivity contribution in [1.29, 1.82) is 0 Å². The van der Waals surface area contributed by atoms with E-state index in [0.29, 0.717) is 6.04 Å². The lowest BCUT2D eigenvalue weighted by atomic mass is 9.81. The first-order valence-electron chi connectivity index (χ1n) is 6.16. The third kappa shape index (κ3) is 3.19. The molecule has 0 heterocycles. The molecular weight excluding hydrogens is 216 g/mol. The van der Waals surface area contributed by atoms with Crippen LogP contribution in [0.15, 0.2) is 24.3 Å². The Morgan fingerprint density at radius 2 is 2.06 bits per heavy atom. The molecule has 4 heteroatoms.